The van der Waals surface area contributed by atoms with Gasteiger partial charge in [-0.1, -0.05) is 13.8 Å². The second-order valence-corrected chi connectivity index (χ2v) is 8.01. The summed E-state index contributed by atoms with van der Waals surface area (Å²) in [6, 6.07) is -0.114. The molecule has 126 valence electrons. The van der Waals surface area contributed by atoms with Gasteiger partial charge in [-0.2, -0.15) is 0 Å². The molecule has 1 atom stereocenters. The summed E-state index contributed by atoms with van der Waals surface area (Å²) >= 11 is 0. The Morgan fingerprint density at radius 1 is 1.32 bits per heavy atom. The fraction of sp³-hybridized carbons (Fsp3) is 0.875. The fourth-order valence-corrected chi connectivity index (χ4v) is 3.17. The number of rotatable bonds is 2. The molecule has 0 aromatic rings. The van der Waals surface area contributed by atoms with Gasteiger partial charge in [0.1, 0.15) is 5.60 Å². The number of hydrogen-bond acceptors (Lipinski definition) is 3. The summed E-state index contributed by atoms with van der Waals surface area (Å²) in [4.78, 5) is 27.4. The quantitative estimate of drug-likeness (QED) is 0.850. The van der Waals surface area contributed by atoms with Crippen molar-refractivity contribution < 1.29 is 19.4 Å². The van der Waals surface area contributed by atoms with Gasteiger partial charge in [0.25, 0.3) is 0 Å². The second-order valence-electron chi connectivity index (χ2n) is 8.01. The van der Waals surface area contributed by atoms with Crippen molar-refractivity contribution in [3.8, 4) is 0 Å². The number of carbonyl (C=O) groups excluding carboxylic acids is 1. The third kappa shape index (κ3) is 3.65. The molecule has 0 aromatic carbocycles. The van der Waals surface area contributed by atoms with Crippen molar-refractivity contribution in [2.45, 2.75) is 71.1 Å². The Kier molecular flexibility index (Phi) is 4.33. The van der Waals surface area contributed by atoms with Crippen LogP contribution in [0.15, 0.2) is 0 Å². The maximum Gasteiger partial charge on any atom is 0.410 e. The van der Waals surface area contributed by atoms with Gasteiger partial charge in [0.05, 0.1) is 11.6 Å². The zero-order valence-electron chi connectivity index (χ0n) is 14.3. The average molecular weight is 312 g/mol. The van der Waals surface area contributed by atoms with Crippen molar-refractivity contribution in [2.75, 3.05) is 13.1 Å². The van der Waals surface area contributed by atoms with Crippen LogP contribution in [0.2, 0.25) is 0 Å². The van der Waals surface area contributed by atoms with Crippen molar-refractivity contribution in [1.29, 1.82) is 0 Å². The Morgan fingerprint density at radius 2 is 1.91 bits per heavy atom. The summed E-state index contributed by atoms with van der Waals surface area (Å²) in [5.41, 5.74) is -0.920. The average Bonchev–Trinajstić information content (AvgIpc) is 3.08. The molecule has 0 unspecified atom stereocenters. The molecule has 2 aliphatic rings. The molecule has 0 bridgehead atoms. The topological polar surface area (TPSA) is 70.1 Å². The molecule has 6 nitrogen and oxygen atoms in total. The SMILES string of the molecule is CC(C)C[C@@H]1CN(C(=O)O)C2(CC2)CN1C(=O)OC(C)(C)C. The van der Waals surface area contributed by atoms with Crippen molar-refractivity contribution >= 4 is 12.2 Å². The van der Waals surface area contributed by atoms with Crippen LogP contribution in [0, 0.1) is 5.92 Å². The van der Waals surface area contributed by atoms with E-state index < -0.39 is 11.7 Å². The van der Waals surface area contributed by atoms with Crippen LogP contribution < -0.4 is 0 Å². The maximum absolute atomic E-state index is 12.5. The van der Waals surface area contributed by atoms with Crippen LogP contribution in [0.1, 0.15) is 53.9 Å². The number of carbonyl (C=O) groups is 2. The lowest BCUT2D eigenvalue weighted by atomic mass is 9.97. The van der Waals surface area contributed by atoms with E-state index in [2.05, 4.69) is 13.8 Å². The zero-order valence-corrected chi connectivity index (χ0v) is 14.3. The molecule has 2 rings (SSSR count). The smallest absolute Gasteiger partial charge is 0.410 e. The minimum absolute atomic E-state index is 0.114. The van der Waals surface area contributed by atoms with Crippen LogP contribution >= 0.6 is 0 Å². The van der Waals surface area contributed by atoms with Gasteiger partial charge < -0.3 is 14.7 Å². The van der Waals surface area contributed by atoms with Crippen LogP contribution in [0.4, 0.5) is 9.59 Å². The Labute approximate surface area is 132 Å². The molecule has 1 aliphatic heterocycles. The fourth-order valence-electron chi connectivity index (χ4n) is 3.17. The first-order valence-corrected chi connectivity index (χ1v) is 8.04. The highest BCUT2D eigenvalue weighted by Gasteiger charge is 2.56. The first kappa shape index (κ1) is 16.9. The van der Waals surface area contributed by atoms with Crippen LogP contribution in [-0.4, -0.2) is 57.4 Å². The first-order valence-electron chi connectivity index (χ1n) is 8.04. The number of hydrogen-bond donors (Lipinski definition) is 1. The van der Waals surface area contributed by atoms with E-state index in [1.54, 1.807) is 9.80 Å². The second kappa shape index (κ2) is 5.63. The van der Waals surface area contributed by atoms with Gasteiger partial charge in [-0.05, 0) is 46.0 Å². The van der Waals surface area contributed by atoms with E-state index in [1.165, 1.54) is 0 Å². The molecule has 1 aliphatic carbocycles. The van der Waals surface area contributed by atoms with Crippen LogP contribution in [0.5, 0.6) is 0 Å². The molecular formula is C16H28N2O4. The lowest BCUT2D eigenvalue weighted by Gasteiger charge is -2.46. The Bertz CT molecular complexity index is 452. The summed E-state index contributed by atoms with van der Waals surface area (Å²) in [6.07, 6.45) is 1.23. The van der Waals surface area contributed by atoms with E-state index >= 15 is 0 Å². The molecular weight excluding hydrogens is 284 g/mol. The molecule has 6 heteroatoms. The normalized spacial score (nSPS) is 23.8. The summed E-state index contributed by atoms with van der Waals surface area (Å²) in [5.74, 6) is 0.388. The van der Waals surface area contributed by atoms with E-state index in [4.69, 9.17) is 4.74 Å². The highest BCUT2D eigenvalue weighted by molar-refractivity contribution is 5.71. The molecule has 1 saturated heterocycles. The number of piperazine rings is 1. The number of ether oxygens (including phenoxy) is 1. The first-order chi connectivity index (χ1) is 10.0. The van der Waals surface area contributed by atoms with Crippen molar-refractivity contribution in [3.63, 3.8) is 0 Å². The molecule has 1 spiro atoms. The van der Waals surface area contributed by atoms with Crippen molar-refractivity contribution in [3.05, 3.63) is 0 Å². The van der Waals surface area contributed by atoms with Gasteiger partial charge >= 0.3 is 12.2 Å². The third-order valence-corrected chi connectivity index (χ3v) is 4.30. The Morgan fingerprint density at radius 3 is 2.32 bits per heavy atom. The maximum atomic E-state index is 12.5. The number of nitrogens with zero attached hydrogens (tertiary/aromatic N) is 2. The van der Waals surface area contributed by atoms with E-state index in [9.17, 15) is 14.7 Å². The summed E-state index contributed by atoms with van der Waals surface area (Å²) < 4.78 is 5.53. The molecule has 0 aromatic heterocycles. The van der Waals surface area contributed by atoms with Crippen LogP contribution in [0.25, 0.3) is 0 Å². The largest absolute Gasteiger partial charge is 0.465 e. The van der Waals surface area contributed by atoms with Gasteiger partial charge in [0.15, 0.2) is 0 Å². The van der Waals surface area contributed by atoms with Gasteiger partial charge in [0.2, 0.25) is 0 Å². The van der Waals surface area contributed by atoms with Gasteiger partial charge in [-0.15, -0.1) is 0 Å². The monoisotopic (exact) mass is 312 g/mol. The van der Waals surface area contributed by atoms with Crippen molar-refractivity contribution in [1.82, 2.24) is 9.80 Å². The molecule has 1 N–H and O–H groups in total. The standard InChI is InChI=1S/C16H28N2O4/c1-11(2)8-12-9-18(13(19)20)16(6-7-16)10-17(12)14(21)22-15(3,4)5/h11-12H,6-10H2,1-5H3,(H,19,20)/t12-/m1/s1. The van der Waals surface area contributed by atoms with E-state index in [-0.39, 0.29) is 17.7 Å². The lowest BCUT2D eigenvalue weighted by Crippen LogP contribution is -2.63. The van der Waals surface area contributed by atoms with Crippen LogP contribution in [0.3, 0.4) is 0 Å². The number of amides is 2. The molecule has 2 fully saturated rings. The minimum atomic E-state index is -0.880. The summed E-state index contributed by atoms with van der Waals surface area (Å²) in [7, 11) is 0. The van der Waals surface area contributed by atoms with E-state index in [0.29, 0.717) is 19.0 Å². The van der Waals surface area contributed by atoms with Gasteiger partial charge in [0, 0.05) is 13.1 Å². The molecule has 1 heterocycles. The predicted molar refractivity (Wildman–Crippen MR) is 82.9 cm³/mol. The lowest BCUT2D eigenvalue weighted by molar-refractivity contribution is -0.0212. The van der Waals surface area contributed by atoms with Gasteiger partial charge in [-0.25, -0.2) is 9.59 Å². The summed E-state index contributed by atoms with van der Waals surface area (Å²) in [5, 5.41) is 9.47. The predicted octanol–water partition coefficient (Wildman–Crippen LogP) is 3.16. The highest BCUT2D eigenvalue weighted by atomic mass is 16.6. The molecule has 0 radical (unpaired) electrons. The van der Waals surface area contributed by atoms with E-state index in [0.717, 1.165) is 19.3 Å². The van der Waals surface area contributed by atoms with Crippen LogP contribution in [-0.2, 0) is 4.74 Å². The Hall–Kier alpha value is -1.46. The van der Waals surface area contributed by atoms with Gasteiger partial charge in [-0.3, -0.25) is 4.90 Å². The summed E-state index contributed by atoms with van der Waals surface area (Å²) in [6.45, 7) is 10.5. The zero-order chi connectivity index (χ0) is 16.7. The van der Waals surface area contributed by atoms with Crippen molar-refractivity contribution in [2.24, 2.45) is 5.92 Å². The highest BCUT2D eigenvalue weighted by Crippen LogP contribution is 2.46. The van der Waals surface area contributed by atoms with E-state index in [1.807, 2.05) is 20.8 Å². The molecule has 1 saturated carbocycles. The Balaban J connectivity index is 2.18. The minimum Gasteiger partial charge on any atom is -0.465 e. The molecule has 22 heavy (non-hydrogen) atoms. The molecule has 2 amide bonds. The number of carboxylic acid groups (broad SMARTS) is 1. The third-order valence-electron chi connectivity index (χ3n) is 4.30.